The molecule has 0 fully saturated rings. The Morgan fingerprint density at radius 2 is 1.96 bits per heavy atom. The molecule has 2 rings (SSSR count). The fourth-order valence-electron chi connectivity index (χ4n) is 2.02. The number of hydrogen-bond donors (Lipinski definition) is 1. The molecule has 1 N–H and O–H groups in total. The second kappa shape index (κ2) is 7.43. The predicted octanol–water partition coefficient (Wildman–Crippen LogP) is 5.05. The molecule has 0 spiro atoms. The van der Waals surface area contributed by atoms with Crippen LogP contribution in [0.5, 0.6) is 0 Å². The second-order valence-corrected chi connectivity index (χ2v) is 7.64. The molecule has 0 atom stereocenters. The van der Waals surface area contributed by atoms with Gasteiger partial charge in [0.25, 0.3) is 0 Å². The van der Waals surface area contributed by atoms with E-state index >= 15 is 0 Å². The first-order valence-corrected chi connectivity index (χ1v) is 8.05. The summed E-state index contributed by atoms with van der Waals surface area (Å²) in [5.41, 5.74) is 2.24. The fraction of sp³-hybridized carbons (Fsp3) is 0.333. The van der Waals surface area contributed by atoms with Crippen LogP contribution in [0.25, 0.3) is 11.3 Å². The van der Waals surface area contributed by atoms with Gasteiger partial charge in [0.05, 0.1) is 17.6 Å². The van der Waals surface area contributed by atoms with Gasteiger partial charge in [0, 0.05) is 11.6 Å². The Hall–Kier alpha value is -1.43. The summed E-state index contributed by atoms with van der Waals surface area (Å²) in [7, 11) is 0. The minimum absolute atomic E-state index is 0.123. The number of halogens is 3. The van der Waals surface area contributed by atoms with Crippen LogP contribution in [0.4, 0.5) is 10.5 Å². The van der Waals surface area contributed by atoms with E-state index in [2.05, 4.69) is 10.4 Å². The van der Waals surface area contributed by atoms with Crippen molar-refractivity contribution >= 4 is 46.6 Å². The SMILES string of the molecule is CC(C)n1ncc(NC(=O)OCC(Cl)(Cl)Cl)c1-c1ccccc1. The zero-order valence-corrected chi connectivity index (χ0v) is 14.9. The van der Waals surface area contributed by atoms with Crippen LogP contribution >= 0.6 is 34.8 Å². The number of carbonyl (C=O) groups is 1. The molecule has 0 aliphatic carbocycles. The molecule has 0 bridgehead atoms. The highest BCUT2D eigenvalue weighted by atomic mass is 35.6. The minimum Gasteiger partial charge on any atom is -0.445 e. The first kappa shape index (κ1) is 17.9. The predicted molar refractivity (Wildman–Crippen MR) is 93.3 cm³/mol. The summed E-state index contributed by atoms with van der Waals surface area (Å²) in [5.74, 6) is 0. The molecule has 0 saturated heterocycles. The van der Waals surface area contributed by atoms with Crippen molar-refractivity contribution in [3.8, 4) is 11.3 Å². The lowest BCUT2D eigenvalue weighted by Crippen LogP contribution is -2.21. The number of rotatable bonds is 4. The summed E-state index contributed by atoms with van der Waals surface area (Å²) >= 11 is 16.7. The van der Waals surface area contributed by atoms with Crippen molar-refractivity contribution in [2.75, 3.05) is 11.9 Å². The first-order chi connectivity index (χ1) is 10.8. The van der Waals surface area contributed by atoms with Crippen LogP contribution in [0.15, 0.2) is 36.5 Å². The Kier molecular flexibility index (Phi) is 5.79. The molecule has 5 nitrogen and oxygen atoms in total. The number of hydrogen-bond acceptors (Lipinski definition) is 3. The number of amides is 1. The van der Waals surface area contributed by atoms with E-state index in [1.165, 1.54) is 0 Å². The van der Waals surface area contributed by atoms with Crippen molar-refractivity contribution in [2.24, 2.45) is 0 Å². The molecular weight excluding hydrogens is 361 g/mol. The smallest absolute Gasteiger partial charge is 0.411 e. The molecule has 0 unspecified atom stereocenters. The van der Waals surface area contributed by atoms with Crippen LogP contribution in [0.3, 0.4) is 0 Å². The van der Waals surface area contributed by atoms with Crippen molar-refractivity contribution in [1.29, 1.82) is 0 Å². The van der Waals surface area contributed by atoms with Gasteiger partial charge in [-0.15, -0.1) is 0 Å². The summed E-state index contributed by atoms with van der Waals surface area (Å²) in [6.45, 7) is 3.66. The van der Waals surface area contributed by atoms with E-state index in [4.69, 9.17) is 39.5 Å². The Bertz CT molecular complexity index is 666. The molecule has 0 aliphatic heterocycles. The van der Waals surface area contributed by atoms with Gasteiger partial charge < -0.3 is 4.74 Å². The zero-order chi connectivity index (χ0) is 17.0. The molecule has 1 aromatic heterocycles. The van der Waals surface area contributed by atoms with Gasteiger partial charge in [-0.05, 0) is 13.8 Å². The monoisotopic (exact) mass is 375 g/mol. The van der Waals surface area contributed by atoms with E-state index in [1.54, 1.807) is 6.20 Å². The summed E-state index contributed by atoms with van der Waals surface area (Å²) in [6.07, 6.45) is 0.857. The summed E-state index contributed by atoms with van der Waals surface area (Å²) in [5, 5.41) is 6.96. The maximum absolute atomic E-state index is 11.9. The van der Waals surface area contributed by atoms with Crippen LogP contribution < -0.4 is 5.32 Å². The molecule has 2 aromatic rings. The Labute approximate surface area is 149 Å². The Morgan fingerprint density at radius 1 is 1.30 bits per heavy atom. The van der Waals surface area contributed by atoms with E-state index in [0.29, 0.717) is 5.69 Å². The van der Waals surface area contributed by atoms with E-state index in [0.717, 1.165) is 11.3 Å². The number of benzene rings is 1. The number of aromatic nitrogens is 2. The quantitative estimate of drug-likeness (QED) is 0.760. The molecule has 23 heavy (non-hydrogen) atoms. The minimum atomic E-state index is -1.65. The van der Waals surface area contributed by atoms with E-state index in [1.807, 2.05) is 48.9 Å². The highest BCUT2D eigenvalue weighted by Crippen LogP contribution is 2.31. The van der Waals surface area contributed by atoms with Crippen molar-refractivity contribution in [3.63, 3.8) is 0 Å². The summed E-state index contributed by atoms with van der Waals surface area (Å²) in [6, 6.07) is 9.75. The van der Waals surface area contributed by atoms with Crippen molar-refractivity contribution in [3.05, 3.63) is 36.5 Å². The van der Waals surface area contributed by atoms with Gasteiger partial charge in [-0.2, -0.15) is 5.10 Å². The van der Waals surface area contributed by atoms with Gasteiger partial charge in [-0.1, -0.05) is 65.1 Å². The van der Waals surface area contributed by atoms with Gasteiger partial charge in [0.2, 0.25) is 3.79 Å². The third kappa shape index (κ3) is 5.03. The molecule has 1 aromatic carbocycles. The molecule has 1 heterocycles. The highest BCUT2D eigenvalue weighted by Gasteiger charge is 2.23. The van der Waals surface area contributed by atoms with Crippen LogP contribution in [-0.4, -0.2) is 26.3 Å². The fourth-order valence-corrected chi connectivity index (χ4v) is 2.19. The lowest BCUT2D eigenvalue weighted by Gasteiger charge is -2.14. The largest absolute Gasteiger partial charge is 0.445 e. The molecular formula is C15H16Cl3N3O2. The average molecular weight is 377 g/mol. The van der Waals surface area contributed by atoms with Crippen LogP contribution in [-0.2, 0) is 4.74 Å². The zero-order valence-electron chi connectivity index (χ0n) is 12.6. The number of alkyl halides is 3. The topological polar surface area (TPSA) is 56.2 Å². The van der Waals surface area contributed by atoms with Crippen molar-refractivity contribution in [2.45, 2.75) is 23.7 Å². The van der Waals surface area contributed by atoms with E-state index in [9.17, 15) is 4.79 Å². The van der Waals surface area contributed by atoms with Gasteiger partial charge in [-0.25, -0.2) is 4.79 Å². The molecule has 124 valence electrons. The molecule has 1 amide bonds. The maximum Gasteiger partial charge on any atom is 0.411 e. The van der Waals surface area contributed by atoms with Crippen molar-refractivity contribution in [1.82, 2.24) is 9.78 Å². The maximum atomic E-state index is 11.9. The van der Waals surface area contributed by atoms with Gasteiger partial charge >= 0.3 is 6.09 Å². The van der Waals surface area contributed by atoms with Gasteiger partial charge in [-0.3, -0.25) is 10.00 Å². The van der Waals surface area contributed by atoms with E-state index < -0.39 is 9.89 Å². The number of nitrogens with zero attached hydrogens (tertiary/aromatic N) is 2. The molecule has 0 radical (unpaired) electrons. The Morgan fingerprint density at radius 3 is 2.52 bits per heavy atom. The molecule has 0 saturated carbocycles. The first-order valence-electron chi connectivity index (χ1n) is 6.91. The summed E-state index contributed by atoms with van der Waals surface area (Å²) < 4.78 is 5.06. The van der Waals surface area contributed by atoms with Gasteiger partial charge in [0.15, 0.2) is 0 Å². The third-order valence-electron chi connectivity index (χ3n) is 2.94. The van der Waals surface area contributed by atoms with Crippen molar-refractivity contribution < 1.29 is 9.53 Å². The third-order valence-corrected chi connectivity index (χ3v) is 3.26. The van der Waals surface area contributed by atoms with E-state index in [-0.39, 0.29) is 12.6 Å². The van der Waals surface area contributed by atoms with Crippen LogP contribution in [0.2, 0.25) is 0 Å². The number of ether oxygens (including phenoxy) is 1. The summed E-state index contributed by atoms with van der Waals surface area (Å²) in [4.78, 5) is 11.9. The number of nitrogens with one attached hydrogen (secondary N) is 1. The second-order valence-electron chi connectivity index (χ2n) is 5.13. The number of anilines is 1. The van der Waals surface area contributed by atoms with Crippen LogP contribution in [0.1, 0.15) is 19.9 Å². The average Bonchev–Trinajstić information content (AvgIpc) is 2.89. The lowest BCUT2D eigenvalue weighted by molar-refractivity contribution is 0.164. The van der Waals surface area contributed by atoms with Gasteiger partial charge in [0.1, 0.15) is 6.61 Å². The standard InChI is InChI=1S/C15H16Cl3N3O2/c1-10(2)21-13(11-6-4-3-5-7-11)12(8-19-21)20-14(22)23-9-15(16,17)18/h3-8,10H,9H2,1-2H3,(H,20,22). The molecule has 0 aliphatic rings. The lowest BCUT2D eigenvalue weighted by atomic mass is 10.1. The Balaban J connectivity index is 2.24. The van der Waals surface area contributed by atoms with Crippen LogP contribution in [0, 0.1) is 0 Å². The highest BCUT2D eigenvalue weighted by molar-refractivity contribution is 6.67. The normalized spacial score (nSPS) is 11.6. The molecule has 8 heteroatoms. The number of carbonyl (C=O) groups excluding carboxylic acids is 1.